The van der Waals surface area contributed by atoms with Crippen LogP contribution in [0.5, 0.6) is 11.5 Å². The van der Waals surface area contributed by atoms with Gasteiger partial charge in [0.25, 0.3) is 0 Å². The van der Waals surface area contributed by atoms with Crippen LogP contribution in [-0.4, -0.2) is 34.8 Å². The summed E-state index contributed by atoms with van der Waals surface area (Å²) in [6, 6.07) is 24.2. The summed E-state index contributed by atoms with van der Waals surface area (Å²) in [7, 11) is 3.24. The van der Waals surface area contributed by atoms with E-state index in [9.17, 15) is 4.79 Å². The van der Waals surface area contributed by atoms with Gasteiger partial charge in [0.05, 0.1) is 14.2 Å². The van der Waals surface area contributed by atoms with Crippen molar-refractivity contribution < 1.29 is 14.3 Å². The quantitative estimate of drug-likeness (QED) is 0.415. The second kappa shape index (κ2) is 9.00. The number of fused-ring (bicyclic) bond motifs is 1. The Labute approximate surface area is 209 Å². The van der Waals surface area contributed by atoms with Crippen LogP contribution >= 0.6 is 0 Å². The van der Waals surface area contributed by atoms with E-state index >= 15 is 0 Å². The Morgan fingerprint density at radius 1 is 0.861 bits per heavy atom. The highest BCUT2D eigenvalue weighted by Gasteiger charge is 2.39. The van der Waals surface area contributed by atoms with Gasteiger partial charge in [0.15, 0.2) is 17.3 Å². The number of aromatic nitrogens is 3. The summed E-state index contributed by atoms with van der Waals surface area (Å²) in [5, 5.41) is 7.86. The molecule has 2 atom stereocenters. The van der Waals surface area contributed by atoms with Crippen molar-refractivity contribution in [3.8, 4) is 22.6 Å². The van der Waals surface area contributed by atoms with Crippen molar-refractivity contribution in [2.75, 3.05) is 19.5 Å². The molecule has 1 aliphatic heterocycles. The molecule has 6 rings (SSSR count). The molecule has 0 spiro atoms. The molecule has 4 aromatic rings. The highest BCUT2D eigenvalue weighted by molar-refractivity contribution is 6.00. The smallest absolute Gasteiger partial charge is 0.226 e. The van der Waals surface area contributed by atoms with Gasteiger partial charge in [-0.3, -0.25) is 4.79 Å². The third kappa shape index (κ3) is 3.73. The molecule has 1 aromatic heterocycles. The van der Waals surface area contributed by atoms with Gasteiger partial charge < -0.3 is 14.8 Å². The van der Waals surface area contributed by atoms with Gasteiger partial charge in [-0.2, -0.15) is 10.1 Å². The third-order valence-electron chi connectivity index (χ3n) is 7.07. The molecule has 7 heteroatoms. The average Bonchev–Trinajstić information content (AvgIpc) is 3.40. The first-order chi connectivity index (χ1) is 17.7. The Morgan fingerprint density at radius 3 is 2.33 bits per heavy atom. The average molecular weight is 479 g/mol. The van der Waals surface area contributed by atoms with Crippen LogP contribution in [0.3, 0.4) is 0 Å². The number of nitrogens with one attached hydrogen (secondary N) is 1. The van der Waals surface area contributed by atoms with Crippen molar-refractivity contribution in [3.05, 3.63) is 102 Å². The van der Waals surface area contributed by atoms with Crippen LogP contribution in [-0.2, 0) is 4.79 Å². The first-order valence-corrected chi connectivity index (χ1v) is 12.0. The highest BCUT2D eigenvalue weighted by atomic mass is 16.5. The minimum absolute atomic E-state index is 0.0270. The van der Waals surface area contributed by atoms with Gasteiger partial charge in [0.1, 0.15) is 12.4 Å². The third-order valence-corrected chi connectivity index (χ3v) is 7.07. The molecule has 36 heavy (non-hydrogen) atoms. The van der Waals surface area contributed by atoms with E-state index in [1.165, 1.54) is 6.33 Å². The molecule has 2 heterocycles. The first kappa shape index (κ1) is 22.1. The standard InChI is InChI=1S/C29H26N4O3/c1-35-25-13-12-21(16-26(25)36-2)22-14-23-27(24(34)15-22)28(33-29(32-23)30-17-31-33)20-10-8-19(9-11-20)18-6-4-3-5-7-18/h3-13,16-17,22,28H,14-15H2,1-2H3,(H,30,31,32)/t22-,28-/m1/s1. The number of allylic oxidation sites excluding steroid dienone is 2. The van der Waals surface area contributed by atoms with Crippen molar-refractivity contribution >= 4 is 11.7 Å². The lowest BCUT2D eigenvalue weighted by Gasteiger charge is -2.35. The molecule has 180 valence electrons. The molecule has 0 radical (unpaired) electrons. The van der Waals surface area contributed by atoms with Gasteiger partial charge in [-0.25, -0.2) is 4.68 Å². The lowest BCUT2D eigenvalue weighted by atomic mass is 9.77. The number of hydrogen-bond acceptors (Lipinski definition) is 6. The van der Waals surface area contributed by atoms with Crippen molar-refractivity contribution in [3.63, 3.8) is 0 Å². The number of ketones is 1. The lowest BCUT2D eigenvalue weighted by molar-refractivity contribution is -0.116. The van der Waals surface area contributed by atoms with Gasteiger partial charge in [-0.05, 0) is 46.7 Å². The fraction of sp³-hybridized carbons (Fsp3) is 0.207. The van der Waals surface area contributed by atoms with E-state index in [1.54, 1.807) is 14.2 Å². The van der Waals surface area contributed by atoms with Gasteiger partial charge in [0, 0.05) is 17.7 Å². The van der Waals surface area contributed by atoms with Crippen LogP contribution in [0.15, 0.2) is 90.4 Å². The summed E-state index contributed by atoms with van der Waals surface area (Å²) < 4.78 is 12.7. The number of Topliss-reactive ketones (excluding diaryl/α,β-unsaturated/α-hetero) is 1. The van der Waals surface area contributed by atoms with Crippen molar-refractivity contribution in [2.24, 2.45) is 0 Å². The molecule has 1 N–H and O–H groups in total. The Hall–Kier alpha value is -4.39. The highest BCUT2D eigenvalue weighted by Crippen LogP contribution is 2.45. The van der Waals surface area contributed by atoms with E-state index in [1.807, 2.05) is 41.1 Å². The summed E-state index contributed by atoms with van der Waals surface area (Å²) >= 11 is 0. The molecule has 7 nitrogen and oxygen atoms in total. The number of ether oxygens (including phenoxy) is 2. The molecule has 1 aliphatic carbocycles. The molecule has 0 unspecified atom stereocenters. The van der Waals surface area contributed by atoms with Crippen molar-refractivity contribution in [1.82, 2.24) is 14.8 Å². The molecule has 3 aromatic carbocycles. The summed E-state index contributed by atoms with van der Waals surface area (Å²) in [6.45, 7) is 0. The normalized spacial score (nSPS) is 18.8. The molecule has 2 aliphatic rings. The van der Waals surface area contributed by atoms with Crippen LogP contribution in [0, 0.1) is 0 Å². The van der Waals surface area contributed by atoms with Crippen LogP contribution in [0.2, 0.25) is 0 Å². The molecular weight excluding hydrogens is 452 g/mol. The predicted octanol–water partition coefficient (Wildman–Crippen LogP) is 5.38. The van der Waals surface area contributed by atoms with E-state index in [2.05, 4.69) is 51.8 Å². The Kier molecular flexibility index (Phi) is 5.52. The van der Waals surface area contributed by atoms with Gasteiger partial charge in [-0.15, -0.1) is 0 Å². The zero-order valence-corrected chi connectivity index (χ0v) is 20.1. The van der Waals surface area contributed by atoms with Gasteiger partial charge in [0.2, 0.25) is 5.95 Å². The van der Waals surface area contributed by atoms with E-state index in [0.717, 1.165) is 33.5 Å². The maximum atomic E-state index is 13.7. The van der Waals surface area contributed by atoms with Crippen LogP contribution in [0.1, 0.15) is 35.9 Å². The van der Waals surface area contributed by atoms with Gasteiger partial charge >= 0.3 is 0 Å². The second-order valence-electron chi connectivity index (χ2n) is 9.08. The lowest BCUT2D eigenvalue weighted by Crippen LogP contribution is -2.33. The Morgan fingerprint density at radius 2 is 1.58 bits per heavy atom. The number of benzene rings is 3. The van der Waals surface area contributed by atoms with E-state index in [0.29, 0.717) is 30.3 Å². The minimum Gasteiger partial charge on any atom is -0.493 e. The summed E-state index contributed by atoms with van der Waals surface area (Å²) in [5.41, 5.74) is 6.01. The summed E-state index contributed by atoms with van der Waals surface area (Å²) in [6.07, 6.45) is 2.64. The topological polar surface area (TPSA) is 78.3 Å². The second-order valence-corrected chi connectivity index (χ2v) is 9.08. The predicted molar refractivity (Wildman–Crippen MR) is 137 cm³/mol. The zero-order chi connectivity index (χ0) is 24.6. The molecule has 0 saturated heterocycles. The van der Waals surface area contributed by atoms with Crippen molar-refractivity contribution in [1.29, 1.82) is 0 Å². The van der Waals surface area contributed by atoms with Crippen LogP contribution in [0.4, 0.5) is 5.95 Å². The monoisotopic (exact) mass is 478 g/mol. The first-order valence-electron chi connectivity index (χ1n) is 12.0. The van der Waals surface area contributed by atoms with Crippen molar-refractivity contribution in [2.45, 2.75) is 24.8 Å². The number of carbonyl (C=O) groups excluding carboxylic acids is 1. The molecule has 0 bridgehead atoms. The van der Waals surface area contributed by atoms with Crippen LogP contribution < -0.4 is 14.8 Å². The molecular formula is C29H26N4O3. The van der Waals surface area contributed by atoms with E-state index in [-0.39, 0.29) is 17.7 Å². The van der Waals surface area contributed by atoms with E-state index < -0.39 is 0 Å². The Balaban J connectivity index is 1.37. The van der Waals surface area contributed by atoms with Gasteiger partial charge in [-0.1, -0.05) is 60.7 Å². The largest absolute Gasteiger partial charge is 0.493 e. The fourth-order valence-electron chi connectivity index (χ4n) is 5.29. The molecule has 0 amide bonds. The maximum absolute atomic E-state index is 13.7. The van der Waals surface area contributed by atoms with E-state index in [4.69, 9.17) is 9.47 Å². The zero-order valence-electron chi connectivity index (χ0n) is 20.1. The minimum atomic E-state index is -0.317. The number of rotatable bonds is 5. The number of anilines is 1. The number of hydrogen-bond donors (Lipinski definition) is 1. The summed E-state index contributed by atoms with van der Waals surface area (Å²) in [5.74, 6) is 2.12. The molecule has 0 saturated carbocycles. The van der Waals surface area contributed by atoms with Crippen LogP contribution in [0.25, 0.3) is 11.1 Å². The number of methoxy groups -OCH3 is 2. The SMILES string of the molecule is COc1ccc([C@H]2CC(=O)C3=C(C2)Nc2ncnn2[C@@H]3c2ccc(-c3ccccc3)cc2)cc1OC. The summed E-state index contributed by atoms with van der Waals surface area (Å²) in [4.78, 5) is 18.1. The maximum Gasteiger partial charge on any atom is 0.226 e. The molecule has 0 fully saturated rings. The Bertz CT molecular complexity index is 1460. The number of carbonyl (C=O) groups is 1. The number of nitrogens with zero attached hydrogens (tertiary/aromatic N) is 3. The fourth-order valence-corrected chi connectivity index (χ4v) is 5.29.